The van der Waals surface area contributed by atoms with Gasteiger partial charge in [-0.25, -0.2) is 0 Å². The van der Waals surface area contributed by atoms with Crippen LogP contribution in [0.3, 0.4) is 0 Å². The molecule has 0 saturated heterocycles. The number of alkyl halides is 3. The van der Waals surface area contributed by atoms with Crippen molar-refractivity contribution in [2.45, 2.75) is 38.3 Å². The van der Waals surface area contributed by atoms with Crippen molar-refractivity contribution >= 4 is 0 Å². The minimum Gasteiger partial charge on any atom is -0.166 e. The predicted molar refractivity (Wildman–Crippen MR) is 57.2 cm³/mol. The molecule has 1 aliphatic rings. The third-order valence-corrected chi connectivity index (χ3v) is 3.53. The lowest BCUT2D eigenvalue weighted by atomic mass is 9.87. The molecule has 1 fully saturated rings. The monoisotopic (exact) mass is 228 g/mol. The second-order valence-electron chi connectivity index (χ2n) is 4.60. The van der Waals surface area contributed by atoms with E-state index >= 15 is 0 Å². The zero-order valence-electron chi connectivity index (χ0n) is 9.22. The van der Waals surface area contributed by atoms with Crippen LogP contribution >= 0.6 is 0 Å². The van der Waals surface area contributed by atoms with Crippen LogP contribution in [0.1, 0.15) is 43.2 Å². The normalized spacial score (nSPS) is 26.0. The van der Waals surface area contributed by atoms with Gasteiger partial charge in [0, 0.05) is 0 Å². The standard InChI is InChI=1S/C13H15F3/c1-9-5-4-7-10(9)11-6-2-3-8-12(11)13(14,15)16/h2-3,6,8-10H,4-5,7H2,1H3. The summed E-state index contributed by atoms with van der Waals surface area (Å²) in [6.45, 7) is 2.05. The van der Waals surface area contributed by atoms with E-state index in [0.717, 1.165) is 19.3 Å². The zero-order chi connectivity index (χ0) is 11.8. The highest BCUT2D eigenvalue weighted by molar-refractivity contribution is 5.33. The zero-order valence-corrected chi connectivity index (χ0v) is 9.22. The maximum Gasteiger partial charge on any atom is 0.416 e. The molecule has 2 unspecified atom stereocenters. The quantitative estimate of drug-likeness (QED) is 0.658. The molecule has 1 aliphatic carbocycles. The van der Waals surface area contributed by atoms with Crippen LogP contribution in [0.15, 0.2) is 24.3 Å². The fraction of sp³-hybridized carbons (Fsp3) is 0.538. The number of hydrogen-bond acceptors (Lipinski definition) is 0. The Morgan fingerprint density at radius 2 is 1.81 bits per heavy atom. The molecule has 0 aromatic heterocycles. The second kappa shape index (κ2) is 4.11. The van der Waals surface area contributed by atoms with Gasteiger partial charge in [-0.3, -0.25) is 0 Å². The number of rotatable bonds is 1. The summed E-state index contributed by atoms with van der Waals surface area (Å²) in [5.41, 5.74) is 0.0359. The van der Waals surface area contributed by atoms with Crippen molar-refractivity contribution in [3.63, 3.8) is 0 Å². The SMILES string of the molecule is CC1CCCC1c1ccccc1C(F)(F)F. The molecule has 1 saturated carbocycles. The van der Waals surface area contributed by atoms with E-state index in [1.54, 1.807) is 12.1 Å². The first kappa shape index (κ1) is 11.5. The highest BCUT2D eigenvalue weighted by Gasteiger charge is 2.37. The van der Waals surface area contributed by atoms with Gasteiger partial charge in [-0.2, -0.15) is 13.2 Å². The molecule has 0 heterocycles. The van der Waals surface area contributed by atoms with E-state index in [1.165, 1.54) is 12.1 Å². The first-order valence-electron chi connectivity index (χ1n) is 5.66. The summed E-state index contributed by atoms with van der Waals surface area (Å²) in [4.78, 5) is 0. The minimum atomic E-state index is -4.22. The maximum atomic E-state index is 12.8. The van der Waals surface area contributed by atoms with Crippen molar-refractivity contribution in [3.05, 3.63) is 35.4 Å². The lowest BCUT2D eigenvalue weighted by Gasteiger charge is -2.20. The Morgan fingerprint density at radius 1 is 1.12 bits per heavy atom. The van der Waals surface area contributed by atoms with Gasteiger partial charge in [-0.1, -0.05) is 38.0 Å². The van der Waals surface area contributed by atoms with Gasteiger partial charge in [-0.15, -0.1) is 0 Å². The highest BCUT2D eigenvalue weighted by Crippen LogP contribution is 2.44. The summed E-state index contributed by atoms with van der Waals surface area (Å²) in [6.07, 6.45) is -1.26. The van der Waals surface area contributed by atoms with Crippen LogP contribution in [0.2, 0.25) is 0 Å². The van der Waals surface area contributed by atoms with Crippen molar-refractivity contribution in [1.82, 2.24) is 0 Å². The van der Waals surface area contributed by atoms with E-state index in [4.69, 9.17) is 0 Å². The lowest BCUT2D eigenvalue weighted by Crippen LogP contribution is -2.13. The van der Waals surface area contributed by atoms with Crippen LogP contribution in [-0.4, -0.2) is 0 Å². The smallest absolute Gasteiger partial charge is 0.166 e. The van der Waals surface area contributed by atoms with E-state index in [2.05, 4.69) is 0 Å². The third kappa shape index (κ3) is 2.08. The van der Waals surface area contributed by atoms with Crippen LogP contribution in [-0.2, 0) is 6.18 Å². The molecule has 1 aromatic carbocycles. The number of benzene rings is 1. The van der Waals surface area contributed by atoms with Gasteiger partial charge in [0.05, 0.1) is 5.56 Å². The van der Waals surface area contributed by atoms with Crippen molar-refractivity contribution in [3.8, 4) is 0 Å². The Labute approximate surface area is 93.5 Å². The fourth-order valence-electron chi connectivity index (χ4n) is 2.69. The molecular formula is C13H15F3. The Morgan fingerprint density at radius 3 is 2.38 bits per heavy atom. The fourth-order valence-corrected chi connectivity index (χ4v) is 2.69. The van der Waals surface area contributed by atoms with Gasteiger partial charge in [0.25, 0.3) is 0 Å². The second-order valence-corrected chi connectivity index (χ2v) is 4.60. The molecule has 2 atom stereocenters. The van der Waals surface area contributed by atoms with Crippen molar-refractivity contribution in [2.24, 2.45) is 5.92 Å². The van der Waals surface area contributed by atoms with Gasteiger partial charge in [0.2, 0.25) is 0 Å². The van der Waals surface area contributed by atoms with E-state index in [9.17, 15) is 13.2 Å². The minimum absolute atomic E-state index is 0.0813. The van der Waals surface area contributed by atoms with Crippen LogP contribution in [0.25, 0.3) is 0 Å². The van der Waals surface area contributed by atoms with E-state index < -0.39 is 11.7 Å². The van der Waals surface area contributed by atoms with Crippen LogP contribution < -0.4 is 0 Å². The molecule has 0 spiro atoms. The first-order chi connectivity index (χ1) is 7.50. The average molecular weight is 228 g/mol. The predicted octanol–water partition coefficient (Wildman–Crippen LogP) is 4.61. The Bertz CT molecular complexity index is 368. The third-order valence-electron chi connectivity index (χ3n) is 3.53. The Hall–Kier alpha value is -0.990. The van der Waals surface area contributed by atoms with Crippen LogP contribution in [0.4, 0.5) is 13.2 Å². The molecule has 0 radical (unpaired) electrons. The Balaban J connectivity index is 2.40. The van der Waals surface area contributed by atoms with Crippen LogP contribution in [0, 0.1) is 5.92 Å². The molecule has 0 nitrogen and oxygen atoms in total. The van der Waals surface area contributed by atoms with Gasteiger partial charge in [0.1, 0.15) is 0 Å². The molecule has 88 valence electrons. The van der Waals surface area contributed by atoms with E-state index in [-0.39, 0.29) is 5.92 Å². The summed E-state index contributed by atoms with van der Waals surface area (Å²) < 4.78 is 38.5. The molecule has 0 amide bonds. The topological polar surface area (TPSA) is 0 Å². The Kier molecular flexibility index (Phi) is 2.96. The van der Waals surface area contributed by atoms with E-state index in [1.807, 2.05) is 6.92 Å². The van der Waals surface area contributed by atoms with Crippen LogP contribution in [0.5, 0.6) is 0 Å². The molecule has 3 heteroatoms. The average Bonchev–Trinajstić information content (AvgIpc) is 2.63. The summed E-state index contributed by atoms with van der Waals surface area (Å²) in [5.74, 6) is 0.446. The van der Waals surface area contributed by atoms with Gasteiger partial charge in [-0.05, 0) is 29.9 Å². The summed E-state index contributed by atoms with van der Waals surface area (Å²) in [5, 5.41) is 0. The maximum absolute atomic E-state index is 12.8. The van der Waals surface area contributed by atoms with Gasteiger partial charge in [0.15, 0.2) is 0 Å². The first-order valence-corrected chi connectivity index (χ1v) is 5.66. The van der Waals surface area contributed by atoms with Gasteiger partial charge < -0.3 is 0 Å². The molecule has 1 aromatic rings. The molecule has 2 rings (SSSR count). The largest absolute Gasteiger partial charge is 0.416 e. The molecule has 0 aliphatic heterocycles. The van der Waals surface area contributed by atoms with Crippen molar-refractivity contribution in [2.75, 3.05) is 0 Å². The van der Waals surface area contributed by atoms with Crippen molar-refractivity contribution < 1.29 is 13.2 Å². The lowest BCUT2D eigenvalue weighted by molar-refractivity contribution is -0.138. The van der Waals surface area contributed by atoms with Gasteiger partial charge >= 0.3 is 6.18 Å². The number of hydrogen-bond donors (Lipinski definition) is 0. The molecular weight excluding hydrogens is 213 g/mol. The molecule has 0 bridgehead atoms. The van der Waals surface area contributed by atoms with Crippen molar-refractivity contribution in [1.29, 1.82) is 0 Å². The number of halogens is 3. The molecule has 0 N–H and O–H groups in total. The summed E-state index contributed by atoms with van der Waals surface area (Å²) in [6, 6.07) is 6.00. The summed E-state index contributed by atoms with van der Waals surface area (Å²) >= 11 is 0. The summed E-state index contributed by atoms with van der Waals surface area (Å²) in [7, 11) is 0. The highest BCUT2D eigenvalue weighted by atomic mass is 19.4. The van der Waals surface area contributed by atoms with E-state index in [0.29, 0.717) is 11.5 Å². The molecule has 16 heavy (non-hydrogen) atoms.